The van der Waals surface area contributed by atoms with Gasteiger partial charge in [-0.15, -0.1) is 48.5 Å². The van der Waals surface area contributed by atoms with Gasteiger partial charge in [-0.3, -0.25) is 0 Å². The number of halogens is 4. The Bertz CT molecular complexity index is 689. The van der Waals surface area contributed by atoms with E-state index in [-0.39, 0.29) is 42.2 Å². The Morgan fingerprint density at radius 1 is 1.32 bits per heavy atom. The summed E-state index contributed by atoms with van der Waals surface area (Å²) in [5.74, 6) is 0.0129. The lowest BCUT2D eigenvalue weighted by atomic mass is 10.2. The molecule has 0 saturated carbocycles. The summed E-state index contributed by atoms with van der Waals surface area (Å²) >= 11 is 1.63. The number of aliphatic imine (C=N–C) groups is 1. The zero-order chi connectivity index (χ0) is 17.6. The summed E-state index contributed by atoms with van der Waals surface area (Å²) in [7, 11) is 0. The van der Waals surface area contributed by atoms with Crippen LogP contribution in [0, 0.1) is 6.92 Å². The van der Waals surface area contributed by atoms with Crippen LogP contribution in [0.1, 0.15) is 15.4 Å². The highest BCUT2D eigenvalue weighted by molar-refractivity contribution is 14.0. The second-order valence-electron chi connectivity index (χ2n) is 4.93. The first-order valence-corrected chi connectivity index (χ1v) is 7.93. The molecule has 0 aliphatic rings. The molecule has 0 spiro atoms. The van der Waals surface area contributed by atoms with Crippen LogP contribution in [0.5, 0.6) is 5.75 Å². The molecule has 1 heterocycles. The lowest BCUT2D eigenvalue weighted by Gasteiger charge is -2.09. The molecule has 5 nitrogen and oxygen atoms in total. The van der Waals surface area contributed by atoms with Crippen molar-refractivity contribution in [1.82, 2.24) is 10.3 Å². The standard InChI is InChI=1S/C15H17F3N4OS.HI/c1-10-8-21-13(24-10)6-7-20-14(19)22-9-11-2-4-12(5-3-11)23-15(16,17)18;/h2-5,8H,6-7,9H2,1H3,(H3,19,20,22);1H. The fourth-order valence-electron chi connectivity index (χ4n) is 1.84. The number of ether oxygens (including phenoxy) is 1. The molecule has 1 aromatic heterocycles. The summed E-state index contributed by atoms with van der Waals surface area (Å²) in [6, 6.07) is 5.51. The normalized spacial score (nSPS) is 11.8. The average molecular weight is 486 g/mol. The first-order chi connectivity index (χ1) is 11.3. The largest absolute Gasteiger partial charge is 0.573 e. The molecular formula is C15H18F3IN4OS. The molecule has 0 radical (unpaired) electrons. The van der Waals surface area contributed by atoms with Crippen molar-refractivity contribution in [2.45, 2.75) is 26.3 Å². The molecule has 0 unspecified atom stereocenters. The van der Waals surface area contributed by atoms with Gasteiger partial charge < -0.3 is 15.8 Å². The SMILES string of the molecule is Cc1cnc(CCNC(N)=NCc2ccc(OC(F)(F)F)cc2)s1.I. The molecular weight excluding hydrogens is 468 g/mol. The summed E-state index contributed by atoms with van der Waals surface area (Å²) in [5, 5.41) is 4.00. The van der Waals surface area contributed by atoms with Crippen LogP contribution in [-0.4, -0.2) is 23.9 Å². The van der Waals surface area contributed by atoms with Gasteiger partial charge in [0.25, 0.3) is 0 Å². The van der Waals surface area contributed by atoms with E-state index in [0.717, 1.165) is 21.9 Å². The minimum Gasteiger partial charge on any atom is -0.406 e. The number of nitrogens with two attached hydrogens (primary N) is 1. The third kappa shape index (κ3) is 8.38. The molecule has 0 bridgehead atoms. The van der Waals surface area contributed by atoms with Crippen molar-refractivity contribution < 1.29 is 17.9 Å². The number of thiazole rings is 1. The van der Waals surface area contributed by atoms with E-state index in [1.807, 2.05) is 13.1 Å². The van der Waals surface area contributed by atoms with E-state index < -0.39 is 6.36 Å². The topological polar surface area (TPSA) is 72.5 Å². The number of guanidine groups is 1. The molecule has 0 aliphatic heterocycles. The maximum absolute atomic E-state index is 12.1. The van der Waals surface area contributed by atoms with Gasteiger partial charge in [-0.1, -0.05) is 12.1 Å². The molecule has 2 aromatic rings. The molecule has 0 fully saturated rings. The number of nitrogens with zero attached hydrogens (tertiary/aromatic N) is 2. The Hall–Kier alpha value is -1.56. The highest BCUT2D eigenvalue weighted by Gasteiger charge is 2.30. The van der Waals surface area contributed by atoms with Crippen LogP contribution in [0.3, 0.4) is 0 Å². The van der Waals surface area contributed by atoms with Crippen LogP contribution in [0.25, 0.3) is 0 Å². The predicted octanol–water partition coefficient (Wildman–Crippen LogP) is 3.62. The van der Waals surface area contributed by atoms with Gasteiger partial charge in [-0.05, 0) is 24.6 Å². The zero-order valence-corrected chi connectivity index (χ0v) is 16.5. The maximum atomic E-state index is 12.1. The van der Waals surface area contributed by atoms with Gasteiger partial charge in [0.05, 0.1) is 11.6 Å². The molecule has 0 aliphatic carbocycles. The number of hydrogen-bond acceptors (Lipinski definition) is 4. The summed E-state index contributed by atoms with van der Waals surface area (Å²) in [4.78, 5) is 9.54. The maximum Gasteiger partial charge on any atom is 0.573 e. The minimum atomic E-state index is -4.69. The molecule has 1 aromatic carbocycles. The van der Waals surface area contributed by atoms with E-state index in [1.54, 1.807) is 11.3 Å². The van der Waals surface area contributed by atoms with Gasteiger partial charge in [0.1, 0.15) is 5.75 Å². The molecule has 10 heteroatoms. The molecule has 2 rings (SSSR count). The predicted molar refractivity (Wildman–Crippen MR) is 102 cm³/mol. The van der Waals surface area contributed by atoms with Crippen molar-refractivity contribution in [3.8, 4) is 5.75 Å². The molecule has 138 valence electrons. The van der Waals surface area contributed by atoms with Gasteiger partial charge in [-0.2, -0.15) is 0 Å². The summed E-state index contributed by atoms with van der Waals surface area (Å²) < 4.78 is 40.0. The lowest BCUT2D eigenvalue weighted by molar-refractivity contribution is -0.274. The van der Waals surface area contributed by atoms with Gasteiger partial charge in [0.2, 0.25) is 0 Å². The lowest BCUT2D eigenvalue weighted by Crippen LogP contribution is -2.33. The first-order valence-electron chi connectivity index (χ1n) is 7.11. The Morgan fingerprint density at radius 2 is 2.00 bits per heavy atom. The molecule has 0 atom stereocenters. The van der Waals surface area contributed by atoms with Crippen LogP contribution in [0.2, 0.25) is 0 Å². The van der Waals surface area contributed by atoms with Crippen molar-refractivity contribution in [3.63, 3.8) is 0 Å². The highest BCUT2D eigenvalue weighted by atomic mass is 127. The third-order valence-corrected chi connectivity index (χ3v) is 3.88. The first kappa shape index (κ1) is 21.5. The molecule has 0 amide bonds. The fourth-order valence-corrected chi connectivity index (χ4v) is 2.63. The number of alkyl halides is 3. The summed E-state index contributed by atoms with van der Waals surface area (Å²) in [5.41, 5.74) is 6.48. The van der Waals surface area contributed by atoms with E-state index in [4.69, 9.17) is 5.73 Å². The Kier molecular flexibility index (Phi) is 8.42. The number of nitrogens with one attached hydrogen (secondary N) is 1. The average Bonchev–Trinajstić information content (AvgIpc) is 2.90. The highest BCUT2D eigenvalue weighted by Crippen LogP contribution is 2.22. The second kappa shape index (κ2) is 9.80. The number of hydrogen-bond donors (Lipinski definition) is 2. The van der Waals surface area contributed by atoms with Gasteiger partial charge in [-0.25, -0.2) is 9.98 Å². The van der Waals surface area contributed by atoms with Crippen molar-refractivity contribution in [1.29, 1.82) is 0 Å². The van der Waals surface area contributed by atoms with Crippen molar-refractivity contribution in [3.05, 3.63) is 45.9 Å². The van der Waals surface area contributed by atoms with Crippen molar-refractivity contribution in [2.75, 3.05) is 6.54 Å². The van der Waals surface area contributed by atoms with Gasteiger partial charge in [0, 0.05) is 24.0 Å². The van der Waals surface area contributed by atoms with Crippen molar-refractivity contribution >= 4 is 41.3 Å². The van der Waals surface area contributed by atoms with Gasteiger partial charge in [0.15, 0.2) is 5.96 Å². The second-order valence-corrected chi connectivity index (χ2v) is 6.25. The number of rotatable bonds is 6. The fraction of sp³-hybridized carbons (Fsp3) is 0.333. The summed E-state index contributed by atoms with van der Waals surface area (Å²) in [6.45, 7) is 2.87. The summed E-state index contributed by atoms with van der Waals surface area (Å²) in [6.07, 6.45) is -2.12. The van der Waals surface area contributed by atoms with E-state index >= 15 is 0 Å². The van der Waals surface area contributed by atoms with E-state index in [9.17, 15) is 13.2 Å². The van der Waals surface area contributed by atoms with E-state index in [1.165, 1.54) is 24.3 Å². The molecule has 0 saturated heterocycles. The van der Waals surface area contributed by atoms with Crippen LogP contribution in [-0.2, 0) is 13.0 Å². The third-order valence-electron chi connectivity index (χ3n) is 2.90. The molecule has 25 heavy (non-hydrogen) atoms. The number of aryl methyl sites for hydroxylation is 1. The van der Waals surface area contributed by atoms with E-state index in [0.29, 0.717) is 6.54 Å². The van der Waals surface area contributed by atoms with E-state index in [2.05, 4.69) is 20.0 Å². The Labute approximate surface area is 164 Å². The Morgan fingerprint density at radius 3 is 2.56 bits per heavy atom. The van der Waals surface area contributed by atoms with Crippen LogP contribution < -0.4 is 15.8 Å². The minimum absolute atomic E-state index is 0. The van der Waals surface area contributed by atoms with Crippen LogP contribution in [0.15, 0.2) is 35.5 Å². The number of aromatic nitrogens is 1. The smallest absolute Gasteiger partial charge is 0.406 e. The van der Waals surface area contributed by atoms with Crippen LogP contribution >= 0.6 is 35.3 Å². The zero-order valence-electron chi connectivity index (χ0n) is 13.3. The molecule has 3 N–H and O–H groups in total. The monoisotopic (exact) mass is 486 g/mol. The van der Waals surface area contributed by atoms with Crippen molar-refractivity contribution in [2.24, 2.45) is 10.7 Å². The van der Waals surface area contributed by atoms with Gasteiger partial charge >= 0.3 is 6.36 Å². The van der Waals surface area contributed by atoms with Crippen LogP contribution in [0.4, 0.5) is 13.2 Å². The quantitative estimate of drug-likeness (QED) is 0.372. The number of benzene rings is 1. The Balaban J connectivity index is 0.00000312.